The van der Waals surface area contributed by atoms with Crippen LogP contribution in [0.5, 0.6) is 0 Å². The Bertz CT molecular complexity index is 1290. The topological polar surface area (TPSA) is 107 Å². The first-order chi connectivity index (χ1) is 15.8. The van der Waals surface area contributed by atoms with Crippen molar-refractivity contribution >= 4 is 50.8 Å². The van der Waals surface area contributed by atoms with E-state index in [4.69, 9.17) is 10.7 Å². The molecule has 4 rings (SSSR count). The van der Waals surface area contributed by atoms with E-state index in [1.54, 1.807) is 53.2 Å². The normalized spacial score (nSPS) is 16.2. The molecule has 2 amide bonds. The molecule has 9 heteroatoms. The number of nitrogens with zero attached hydrogens (tertiary/aromatic N) is 2. The van der Waals surface area contributed by atoms with Gasteiger partial charge in [-0.25, -0.2) is 4.98 Å². The van der Waals surface area contributed by atoms with Crippen molar-refractivity contribution in [2.24, 2.45) is 11.7 Å². The standard InChI is InChI=1S/C24H26N4O3S2/c1-4-11-28-23(31)19-17-10-5-13(2)12-18(17)33-22(19)27-24(28)32-14(3)21(30)26-16-8-6-15(7-9-16)20(25)29/h4,6-9,13-14H,1,5,10-12H2,2-3H3,(H2,25,29)(H,26,30). The third kappa shape index (κ3) is 4.74. The van der Waals surface area contributed by atoms with E-state index in [1.807, 2.05) is 0 Å². The van der Waals surface area contributed by atoms with Crippen molar-refractivity contribution in [3.63, 3.8) is 0 Å². The molecule has 0 saturated heterocycles. The Balaban J connectivity index is 1.61. The lowest BCUT2D eigenvalue weighted by molar-refractivity contribution is -0.115. The maximum Gasteiger partial charge on any atom is 0.263 e. The van der Waals surface area contributed by atoms with E-state index in [0.29, 0.717) is 28.9 Å². The van der Waals surface area contributed by atoms with Gasteiger partial charge in [-0.3, -0.25) is 19.0 Å². The van der Waals surface area contributed by atoms with Gasteiger partial charge < -0.3 is 11.1 Å². The van der Waals surface area contributed by atoms with Crippen molar-refractivity contribution in [3.8, 4) is 0 Å². The number of thioether (sulfide) groups is 1. The second-order valence-electron chi connectivity index (χ2n) is 8.32. The van der Waals surface area contributed by atoms with Crippen molar-refractivity contribution in [2.45, 2.75) is 50.1 Å². The van der Waals surface area contributed by atoms with Gasteiger partial charge in [-0.15, -0.1) is 17.9 Å². The highest BCUT2D eigenvalue weighted by Crippen LogP contribution is 2.37. The van der Waals surface area contributed by atoms with Crippen LogP contribution in [0.15, 0.2) is 46.9 Å². The van der Waals surface area contributed by atoms with Gasteiger partial charge in [-0.1, -0.05) is 24.8 Å². The minimum Gasteiger partial charge on any atom is -0.366 e. The second-order valence-corrected chi connectivity index (χ2v) is 10.7. The van der Waals surface area contributed by atoms with Gasteiger partial charge in [0.2, 0.25) is 11.8 Å². The van der Waals surface area contributed by atoms with E-state index in [1.165, 1.54) is 16.6 Å². The number of anilines is 1. The number of rotatable bonds is 7. The Morgan fingerprint density at radius 1 is 1.39 bits per heavy atom. The van der Waals surface area contributed by atoms with Crippen LogP contribution in [-0.2, 0) is 24.2 Å². The number of primary amides is 1. The number of fused-ring (bicyclic) bond motifs is 3. The second kappa shape index (κ2) is 9.52. The maximum absolute atomic E-state index is 13.4. The monoisotopic (exact) mass is 482 g/mol. The summed E-state index contributed by atoms with van der Waals surface area (Å²) >= 11 is 2.84. The summed E-state index contributed by atoms with van der Waals surface area (Å²) in [7, 11) is 0. The number of hydrogen-bond donors (Lipinski definition) is 2. The minimum absolute atomic E-state index is 0.0656. The van der Waals surface area contributed by atoms with Gasteiger partial charge in [0.05, 0.1) is 10.6 Å². The summed E-state index contributed by atoms with van der Waals surface area (Å²) in [6.45, 7) is 8.12. The van der Waals surface area contributed by atoms with Crippen LogP contribution < -0.4 is 16.6 Å². The minimum atomic E-state index is -0.525. The highest BCUT2D eigenvalue weighted by molar-refractivity contribution is 8.00. The van der Waals surface area contributed by atoms with E-state index in [-0.39, 0.29) is 11.5 Å². The van der Waals surface area contributed by atoms with Gasteiger partial charge in [-0.2, -0.15) is 0 Å². The predicted octanol–water partition coefficient (Wildman–Crippen LogP) is 3.99. The molecule has 1 aromatic carbocycles. The molecule has 2 unspecified atom stereocenters. The Hall–Kier alpha value is -2.91. The van der Waals surface area contributed by atoms with E-state index in [0.717, 1.165) is 35.0 Å². The van der Waals surface area contributed by atoms with Gasteiger partial charge in [0.25, 0.3) is 5.56 Å². The first-order valence-electron chi connectivity index (χ1n) is 10.8. The van der Waals surface area contributed by atoms with E-state index >= 15 is 0 Å². The van der Waals surface area contributed by atoms with Crippen molar-refractivity contribution in [2.75, 3.05) is 5.32 Å². The number of amides is 2. The predicted molar refractivity (Wildman–Crippen MR) is 134 cm³/mol. The summed E-state index contributed by atoms with van der Waals surface area (Å²) in [5.74, 6) is -0.149. The van der Waals surface area contributed by atoms with Gasteiger partial charge in [0.1, 0.15) is 4.83 Å². The number of hydrogen-bond acceptors (Lipinski definition) is 6. The summed E-state index contributed by atoms with van der Waals surface area (Å²) in [4.78, 5) is 44.2. The summed E-state index contributed by atoms with van der Waals surface area (Å²) in [6.07, 6.45) is 4.63. The van der Waals surface area contributed by atoms with Crippen LogP contribution >= 0.6 is 23.1 Å². The fourth-order valence-electron chi connectivity index (χ4n) is 3.96. The number of allylic oxidation sites excluding steroid dienone is 1. The molecule has 0 radical (unpaired) electrons. The average Bonchev–Trinajstić information content (AvgIpc) is 3.14. The fraction of sp³-hybridized carbons (Fsp3) is 0.333. The molecule has 0 fully saturated rings. The van der Waals surface area contributed by atoms with Crippen molar-refractivity contribution in [1.29, 1.82) is 0 Å². The molecule has 0 aliphatic heterocycles. The van der Waals surface area contributed by atoms with Gasteiger partial charge in [0.15, 0.2) is 5.16 Å². The molecular weight excluding hydrogens is 456 g/mol. The fourth-order valence-corrected chi connectivity index (χ4v) is 6.30. The first kappa shape index (κ1) is 23.3. The summed E-state index contributed by atoms with van der Waals surface area (Å²) < 4.78 is 1.61. The molecular formula is C24H26N4O3S2. The molecule has 0 saturated carbocycles. The molecule has 33 heavy (non-hydrogen) atoms. The van der Waals surface area contributed by atoms with E-state index < -0.39 is 11.2 Å². The summed E-state index contributed by atoms with van der Waals surface area (Å²) in [6, 6.07) is 6.38. The SMILES string of the molecule is C=CCn1c(SC(C)C(=O)Nc2ccc(C(N)=O)cc2)nc2sc3c(c2c1=O)CCC(C)C3. The van der Waals surface area contributed by atoms with Crippen LogP contribution in [0.3, 0.4) is 0 Å². The molecule has 0 bridgehead atoms. The van der Waals surface area contributed by atoms with Crippen molar-refractivity contribution in [3.05, 3.63) is 63.3 Å². The third-order valence-electron chi connectivity index (χ3n) is 5.78. The van der Waals surface area contributed by atoms with E-state index in [2.05, 4.69) is 18.8 Å². The molecule has 3 N–H and O–H groups in total. The van der Waals surface area contributed by atoms with Crippen LogP contribution in [0.2, 0.25) is 0 Å². The lowest BCUT2D eigenvalue weighted by atomic mass is 9.89. The first-order valence-corrected chi connectivity index (χ1v) is 12.5. The zero-order valence-corrected chi connectivity index (χ0v) is 20.2. The third-order valence-corrected chi connectivity index (χ3v) is 8.02. The summed E-state index contributed by atoms with van der Waals surface area (Å²) in [5.41, 5.74) is 7.27. The number of nitrogens with one attached hydrogen (secondary N) is 1. The summed E-state index contributed by atoms with van der Waals surface area (Å²) in [5, 5.41) is 3.55. The zero-order chi connectivity index (χ0) is 23.7. The molecule has 2 atom stereocenters. The number of nitrogens with two attached hydrogens (primary N) is 1. The number of carbonyl (C=O) groups is 2. The Morgan fingerprint density at radius 3 is 2.79 bits per heavy atom. The molecule has 0 spiro atoms. The Labute approximate surface area is 200 Å². The Kier molecular flexibility index (Phi) is 6.71. The number of aromatic nitrogens is 2. The van der Waals surface area contributed by atoms with E-state index in [9.17, 15) is 14.4 Å². The highest BCUT2D eigenvalue weighted by atomic mass is 32.2. The van der Waals surface area contributed by atoms with Gasteiger partial charge in [-0.05, 0) is 61.9 Å². The molecule has 172 valence electrons. The van der Waals surface area contributed by atoms with Crippen LogP contribution in [-0.4, -0.2) is 26.6 Å². The van der Waals surface area contributed by atoms with Gasteiger partial charge in [0, 0.05) is 22.7 Å². The van der Waals surface area contributed by atoms with Crippen molar-refractivity contribution < 1.29 is 9.59 Å². The van der Waals surface area contributed by atoms with Crippen LogP contribution in [0, 0.1) is 5.92 Å². The lowest BCUT2D eigenvalue weighted by Crippen LogP contribution is -2.27. The highest BCUT2D eigenvalue weighted by Gasteiger charge is 2.26. The lowest BCUT2D eigenvalue weighted by Gasteiger charge is -2.18. The molecule has 3 aromatic rings. The van der Waals surface area contributed by atoms with Crippen molar-refractivity contribution in [1.82, 2.24) is 9.55 Å². The number of thiophene rings is 1. The van der Waals surface area contributed by atoms with Crippen LogP contribution in [0.1, 0.15) is 41.1 Å². The average molecular weight is 483 g/mol. The molecule has 2 aromatic heterocycles. The molecule has 1 aliphatic rings. The number of carbonyl (C=O) groups excluding carboxylic acids is 2. The molecule has 7 nitrogen and oxygen atoms in total. The molecule has 2 heterocycles. The smallest absolute Gasteiger partial charge is 0.263 e. The largest absolute Gasteiger partial charge is 0.366 e. The van der Waals surface area contributed by atoms with Crippen LogP contribution in [0.25, 0.3) is 10.2 Å². The maximum atomic E-state index is 13.4. The molecule has 1 aliphatic carbocycles. The Morgan fingerprint density at radius 2 is 2.12 bits per heavy atom. The number of aryl methyl sites for hydroxylation is 1. The van der Waals surface area contributed by atoms with Gasteiger partial charge >= 0.3 is 0 Å². The quantitative estimate of drug-likeness (QED) is 0.301. The zero-order valence-electron chi connectivity index (χ0n) is 18.6. The van der Waals surface area contributed by atoms with Crippen LogP contribution in [0.4, 0.5) is 5.69 Å². The number of benzene rings is 1.